The van der Waals surface area contributed by atoms with Crippen LogP contribution in [0, 0.1) is 11.3 Å². The van der Waals surface area contributed by atoms with Gasteiger partial charge >= 0.3 is 6.18 Å². The Morgan fingerprint density at radius 1 is 1.30 bits per heavy atom. The van der Waals surface area contributed by atoms with E-state index in [9.17, 15) is 27.6 Å². The molecule has 4 rings (SSSR count). The van der Waals surface area contributed by atoms with Crippen LogP contribution in [0.2, 0.25) is 0 Å². The summed E-state index contributed by atoms with van der Waals surface area (Å²) in [4.78, 5) is 24.2. The van der Waals surface area contributed by atoms with Gasteiger partial charge in [0.2, 0.25) is 0 Å². The van der Waals surface area contributed by atoms with E-state index in [1.807, 2.05) is 6.07 Å². The maximum absolute atomic E-state index is 14.8. The van der Waals surface area contributed by atoms with Crippen LogP contribution in [0.4, 0.5) is 23.2 Å². The van der Waals surface area contributed by atoms with Gasteiger partial charge in [0, 0.05) is 25.5 Å². The first-order valence-electron chi connectivity index (χ1n) is 10.4. The van der Waals surface area contributed by atoms with Crippen LogP contribution in [0.5, 0.6) is 0 Å². The second-order valence-electron chi connectivity index (χ2n) is 8.41. The molecule has 0 saturated carbocycles. The first-order valence-corrected chi connectivity index (χ1v) is 10.4. The number of nitriles is 1. The number of benzene rings is 1. The third kappa shape index (κ3) is 4.84. The lowest BCUT2D eigenvalue weighted by molar-refractivity contribution is -0.234. The van der Waals surface area contributed by atoms with E-state index < -0.39 is 36.5 Å². The number of morpholine rings is 1. The lowest BCUT2D eigenvalue weighted by atomic mass is 10.1. The summed E-state index contributed by atoms with van der Waals surface area (Å²) in [6, 6.07) is 4.91. The normalized spacial score (nSPS) is 26.4. The molecule has 1 N–H and O–H groups in total. The molecule has 2 saturated heterocycles. The highest BCUT2D eigenvalue weighted by molar-refractivity contribution is 5.92. The summed E-state index contributed by atoms with van der Waals surface area (Å²) in [7, 11) is 1.75. The van der Waals surface area contributed by atoms with Crippen molar-refractivity contribution in [2.24, 2.45) is 0 Å². The van der Waals surface area contributed by atoms with Gasteiger partial charge in [-0.05, 0) is 25.6 Å². The zero-order chi connectivity index (χ0) is 23.8. The Morgan fingerprint density at radius 3 is 2.67 bits per heavy atom. The van der Waals surface area contributed by atoms with Crippen molar-refractivity contribution in [1.29, 1.82) is 5.26 Å². The molecule has 2 aliphatic heterocycles. The van der Waals surface area contributed by atoms with Gasteiger partial charge in [-0.3, -0.25) is 14.8 Å². The van der Waals surface area contributed by atoms with Crippen molar-refractivity contribution < 1.29 is 27.1 Å². The quantitative estimate of drug-likeness (QED) is 0.687. The SMILES string of the molecule is CN1CC[C@](F)(CNC(=O)[C@@H]2CN(c3ccc(C#N)c4nccnc34)C[C@H](C(F)(F)F)O2)C1. The fourth-order valence-electron chi connectivity index (χ4n) is 4.21. The molecular formula is C21H22F4N6O2. The van der Waals surface area contributed by atoms with E-state index in [2.05, 4.69) is 15.3 Å². The molecule has 1 aromatic heterocycles. The van der Waals surface area contributed by atoms with Crippen molar-refractivity contribution in [3.8, 4) is 6.07 Å². The molecule has 0 aliphatic carbocycles. The summed E-state index contributed by atoms with van der Waals surface area (Å²) in [6.07, 6.45) is -5.45. The zero-order valence-corrected chi connectivity index (χ0v) is 17.8. The van der Waals surface area contributed by atoms with Gasteiger partial charge in [0.1, 0.15) is 22.8 Å². The lowest BCUT2D eigenvalue weighted by Gasteiger charge is -2.39. The molecule has 2 aliphatic rings. The van der Waals surface area contributed by atoms with Crippen molar-refractivity contribution in [3.63, 3.8) is 0 Å². The average molecular weight is 466 g/mol. The second-order valence-corrected chi connectivity index (χ2v) is 8.41. The van der Waals surface area contributed by atoms with E-state index in [-0.39, 0.29) is 42.7 Å². The van der Waals surface area contributed by atoms with Gasteiger partial charge in [-0.2, -0.15) is 18.4 Å². The molecular weight excluding hydrogens is 444 g/mol. The summed E-state index contributed by atoms with van der Waals surface area (Å²) in [5.74, 6) is -0.815. The van der Waals surface area contributed by atoms with Gasteiger partial charge < -0.3 is 19.9 Å². The molecule has 33 heavy (non-hydrogen) atoms. The monoisotopic (exact) mass is 466 g/mol. The van der Waals surface area contributed by atoms with Crippen molar-refractivity contribution in [1.82, 2.24) is 20.2 Å². The van der Waals surface area contributed by atoms with Crippen LogP contribution in [-0.4, -0.2) is 84.6 Å². The van der Waals surface area contributed by atoms with Crippen LogP contribution in [0.1, 0.15) is 12.0 Å². The van der Waals surface area contributed by atoms with E-state index in [0.717, 1.165) is 0 Å². The smallest absolute Gasteiger partial charge is 0.364 e. The lowest BCUT2D eigenvalue weighted by Crippen LogP contribution is -2.58. The largest absolute Gasteiger partial charge is 0.416 e. The molecule has 176 valence electrons. The van der Waals surface area contributed by atoms with E-state index >= 15 is 0 Å². The molecule has 2 fully saturated rings. The predicted octanol–water partition coefficient (Wildman–Crippen LogP) is 1.80. The number of fused-ring (bicyclic) bond motifs is 1. The number of anilines is 1. The molecule has 0 bridgehead atoms. The Kier molecular flexibility index (Phi) is 6.11. The number of carbonyl (C=O) groups is 1. The Labute approximate surface area is 187 Å². The summed E-state index contributed by atoms with van der Waals surface area (Å²) in [5, 5.41) is 11.7. The van der Waals surface area contributed by atoms with Gasteiger partial charge in [-0.1, -0.05) is 0 Å². The third-order valence-electron chi connectivity index (χ3n) is 5.90. The summed E-state index contributed by atoms with van der Waals surface area (Å²) in [6.45, 7) is -0.412. The number of amides is 1. The Balaban J connectivity index is 1.59. The number of aromatic nitrogens is 2. The average Bonchev–Trinajstić information content (AvgIpc) is 3.14. The van der Waals surface area contributed by atoms with Gasteiger partial charge in [-0.25, -0.2) is 4.39 Å². The van der Waals surface area contributed by atoms with Crippen LogP contribution in [0.15, 0.2) is 24.5 Å². The van der Waals surface area contributed by atoms with Gasteiger partial charge in [0.05, 0.1) is 30.9 Å². The number of halogens is 4. The van der Waals surface area contributed by atoms with E-state index in [0.29, 0.717) is 12.2 Å². The van der Waals surface area contributed by atoms with Crippen LogP contribution in [0.3, 0.4) is 0 Å². The maximum Gasteiger partial charge on any atom is 0.416 e. The topological polar surface area (TPSA) is 94.4 Å². The number of alkyl halides is 4. The highest BCUT2D eigenvalue weighted by Gasteiger charge is 2.48. The Morgan fingerprint density at radius 2 is 2.03 bits per heavy atom. The van der Waals surface area contributed by atoms with Gasteiger partial charge in [-0.15, -0.1) is 0 Å². The summed E-state index contributed by atoms with van der Waals surface area (Å²) < 4.78 is 60.8. The third-order valence-corrected chi connectivity index (χ3v) is 5.90. The highest BCUT2D eigenvalue weighted by Crippen LogP contribution is 2.33. The maximum atomic E-state index is 14.8. The number of carbonyl (C=O) groups excluding carboxylic acids is 1. The molecule has 12 heteroatoms. The van der Waals surface area contributed by atoms with Gasteiger partial charge in [0.25, 0.3) is 5.91 Å². The number of rotatable bonds is 4. The number of nitrogens with zero attached hydrogens (tertiary/aromatic N) is 5. The van der Waals surface area contributed by atoms with E-state index in [1.165, 1.54) is 29.4 Å². The molecule has 1 aromatic carbocycles. The van der Waals surface area contributed by atoms with Crippen LogP contribution in [0.25, 0.3) is 11.0 Å². The molecule has 0 unspecified atom stereocenters. The summed E-state index contributed by atoms with van der Waals surface area (Å²) in [5.41, 5.74) is -0.618. The van der Waals surface area contributed by atoms with E-state index in [4.69, 9.17) is 4.74 Å². The van der Waals surface area contributed by atoms with Crippen molar-refractivity contribution in [3.05, 3.63) is 30.1 Å². The molecule has 2 aromatic rings. The molecule has 1 amide bonds. The van der Waals surface area contributed by atoms with Crippen molar-refractivity contribution in [2.45, 2.75) is 30.5 Å². The minimum atomic E-state index is -4.72. The molecule has 8 nitrogen and oxygen atoms in total. The molecule has 3 heterocycles. The summed E-state index contributed by atoms with van der Waals surface area (Å²) >= 11 is 0. The number of hydrogen-bond acceptors (Lipinski definition) is 7. The molecule has 0 radical (unpaired) electrons. The number of likely N-dealkylation sites (tertiary alicyclic amines) is 1. The number of nitrogens with one attached hydrogen (secondary N) is 1. The number of ether oxygens (including phenoxy) is 1. The first-order chi connectivity index (χ1) is 15.6. The first kappa shape index (κ1) is 23.1. The fourth-order valence-corrected chi connectivity index (χ4v) is 4.21. The molecule has 0 spiro atoms. The van der Waals surface area contributed by atoms with Crippen LogP contribution >= 0.6 is 0 Å². The minimum Gasteiger partial charge on any atom is -0.364 e. The van der Waals surface area contributed by atoms with Crippen molar-refractivity contribution in [2.75, 3.05) is 44.7 Å². The Hall–Kier alpha value is -3.04. The predicted molar refractivity (Wildman–Crippen MR) is 110 cm³/mol. The van der Waals surface area contributed by atoms with Crippen LogP contribution in [-0.2, 0) is 9.53 Å². The van der Waals surface area contributed by atoms with Crippen molar-refractivity contribution >= 4 is 22.6 Å². The van der Waals surface area contributed by atoms with E-state index in [1.54, 1.807) is 11.9 Å². The fraction of sp³-hybridized carbons (Fsp3) is 0.524. The van der Waals surface area contributed by atoms with Gasteiger partial charge in [0.15, 0.2) is 12.2 Å². The number of hydrogen-bond donors (Lipinski definition) is 1. The zero-order valence-electron chi connectivity index (χ0n) is 17.8. The highest BCUT2D eigenvalue weighted by atomic mass is 19.4. The Bertz CT molecular complexity index is 1090. The standard InChI is InChI=1S/C21H22F4N6O2/c1-30-7-4-20(22,12-30)11-29-19(32)15-9-31(10-16(33-15)21(23,24)25)14-3-2-13(8-26)17-18(14)28-6-5-27-17/h2-3,5-6,15-16H,4,7,9-12H2,1H3,(H,29,32)/t15-,16+,20-/m0/s1. The molecule has 3 atom stereocenters. The minimum absolute atomic E-state index is 0.131. The van der Waals surface area contributed by atoms with Crippen LogP contribution < -0.4 is 10.2 Å². The second kappa shape index (κ2) is 8.72.